The van der Waals surface area contributed by atoms with Gasteiger partial charge in [-0.25, -0.2) is 0 Å². The summed E-state index contributed by atoms with van der Waals surface area (Å²) in [5.74, 6) is 0.693. The summed E-state index contributed by atoms with van der Waals surface area (Å²) in [6.07, 6.45) is 0. The average Bonchev–Trinajstić information content (AvgIpc) is 2.07. The van der Waals surface area contributed by atoms with Crippen molar-refractivity contribution in [2.24, 2.45) is 0 Å². The van der Waals surface area contributed by atoms with E-state index in [0.29, 0.717) is 11.5 Å². The third-order valence-electron chi connectivity index (χ3n) is 1.57. The van der Waals surface area contributed by atoms with Crippen molar-refractivity contribution in [3.05, 3.63) is 23.8 Å². The van der Waals surface area contributed by atoms with Crippen LogP contribution >= 0.6 is 0 Å². The summed E-state index contributed by atoms with van der Waals surface area (Å²) >= 11 is 0. The lowest BCUT2D eigenvalue weighted by molar-refractivity contribution is -0.132. The summed E-state index contributed by atoms with van der Waals surface area (Å²) in [7, 11) is 1.54. The van der Waals surface area contributed by atoms with E-state index in [4.69, 9.17) is 9.47 Å². The molecule has 0 bridgehead atoms. The van der Waals surface area contributed by atoms with Crippen LogP contribution in [0.4, 0.5) is 0 Å². The predicted octanol–water partition coefficient (Wildman–Crippen LogP) is 1.93. The van der Waals surface area contributed by atoms with Crippen molar-refractivity contribution in [3.8, 4) is 11.5 Å². The number of hydrogen-bond acceptors (Lipinski definition) is 3. The second-order valence-corrected chi connectivity index (χ2v) is 2.75. The molecule has 0 spiro atoms. The van der Waals surface area contributed by atoms with Crippen LogP contribution in [0.15, 0.2) is 18.2 Å². The Bertz CT molecular complexity index is 318. The number of aryl methyl sites for hydroxylation is 1. The summed E-state index contributed by atoms with van der Waals surface area (Å²) in [6.45, 7) is 3.30. The summed E-state index contributed by atoms with van der Waals surface area (Å²) in [4.78, 5) is 10.7. The Kier molecular flexibility index (Phi) is 2.90. The Morgan fingerprint density at radius 2 is 2.00 bits per heavy atom. The van der Waals surface area contributed by atoms with Crippen LogP contribution in [0.5, 0.6) is 11.5 Å². The van der Waals surface area contributed by atoms with E-state index in [-0.39, 0.29) is 5.97 Å². The van der Waals surface area contributed by atoms with Crippen molar-refractivity contribution in [2.75, 3.05) is 7.11 Å². The highest BCUT2D eigenvalue weighted by Gasteiger charge is 2.05. The van der Waals surface area contributed by atoms with Gasteiger partial charge in [-0.1, -0.05) is 6.07 Å². The zero-order valence-corrected chi connectivity index (χ0v) is 7.96. The van der Waals surface area contributed by atoms with Crippen molar-refractivity contribution < 1.29 is 14.3 Å². The largest absolute Gasteiger partial charge is 0.493 e. The lowest BCUT2D eigenvalue weighted by atomic mass is 10.2. The number of esters is 1. The number of methoxy groups -OCH3 is 1. The molecular formula is C10H12O3. The molecule has 0 heterocycles. The maximum atomic E-state index is 10.7. The molecule has 3 heteroatoms. The van der Waals surface area contributed by atoms with Crippen LogP contribution in [0, 0.1) is 6.92 Å². The molecule has 13 heavy (non-hydrogen) atoms. The fourth-order valence-corrected chi connectivity index (χ4v) is 1.01. The van der Waals surface area contributed by atoms with Crippen LogP contribution in [-0.2, 0) is 4.79 Å². The highest BCUT2D eigenvalue weighted by Crippen LogP contribution is 2.27. The van der Waals surface area contributed by atoms with Crippen LogP contribution in [0.2, 0.25) is 0 Å². The monoisotopic (exact) mass is 180 g/mol. The predicted molar refractivity (Wildman–Crippen MR) is 49.0 cm³/mol. The molecule has 0 aliphatic rings. The second kappa shape index (κ2) is 3.94. The Morgan fingerprint density at radius 3 is 2.54 bits per heavy atom. The summed E-state index contributed by atoms with van der Waals surface area (Å²) in [6, 6.07) is 5.40. The zero-order valence-electron chi connectivity index (χ0n) is 7.96. The molecule has 0 atom stereocenters. The Hall–Kier alpha value is -1.51. The molecule has 70 valence electrons. The van der Waals surface area contributed by atoms with Gasteiger partial charge >= 0.3 is 5.97 Å². The minimum absolute atomic E-state index is 0.345. The van der Waals surface area contributed by atoms with Gasteiger partial charge in [0.05, 0.1) is 7.11 Å². The van der Waals surface area contributed by atoms with E-state index < -0.39 is 0 Å². The molecule has 0 aliphatic heterocycles. The first kappa shape index (κ1) is 9.58. The molecule has 0 radical (unpaired) electrons. The lowest BCUT2D eigenvalue weighted by Crippen LogP contribution is -2.02. The van der Waals surface area contributed by atoms with E-state index in [1.165, 1.54) is 6.92 Å². The van der Waals surface area contributed by atoms with Gasteiger partial charge in [-0.05, 0) is 24.6 Å². The molecule has 0 aromatic heterocycles. The number of carbonyl (C=O) groups is 1. The van der Waals surface area contributed by atoms with Gasteiger partial charge in [0.25, 0.3) is 0 Å². The molecule has 0 unspecified atom stereocenters. The van der Waals surface area contributed by atoms with Gasteiger partial charge < -0.3 is 9.47 Å². The van der Waals surface area contributed by atoms with Crippen molar-refractivity contribution in [3.63, 3.8) is 0 Å². The van der Waals surface area contributed by atoms with Gasteiger partial charge in [-0.15, -0.1) is 0 Å². The smallest absolute Gasteiger partial charge is 0.308 e. The molecular weight excluding hydrogens is 168 g/mol. The van der Waals surface area contributed by atoms with Crippen molar-refractivity contribution in [1.82, 2.24) is 0 Å². The number of benzene rings is 1. The van der Waals surface area contributed by atoms with Crippen LogP contribution in [0.1, 0.15) is 12.5 Å². The van der Waals surface area contributed by atoms with E-state index in [0.717, 1.165) is 5.56 Å². The van der Waals surface area contributed by atoms with E-state index in [1.54, 1.807) is 13.2 Å². The van der Waals surface area contributed by atoms with Gasteiger partial charge in [0.2, 0.25) is 0 Å². The van der Waals surface area contributed by atoms with Crippen molar-refractivity contribution in [1.29, 1.82) is 0 Å². The number of ether oxygens (including phenoxy) is 2. The quantitative estimate of drug-likeness (QED) is 0.515. The number of carbonyl (C=O) groups excluding carboxylic acids is 1. The minimum atomic E-state index is -0.345. The molecule has 0 N–H and O–H groups in total. The normalized spacial score (nSPS) is 9.46. The van der Waals surface area contributed by atoms with Gasteiger partial charge in [0.1, 0.15) is 0 Å². The topological polar surface area (TPSA) is 35.5 Å². The third-order valence-corrected chi connectivity index (χ3v) is 1.57. The number of hydrogen-bond donors (Lipinski definition) is 0. The first-order chi connectivity index (χ1) is 6.13. The summed E-state index contributed by atoms with van der Waals surface area (Å²) < 4.78 is 9.98. The van der Waals surface area contributed by atoms with Crippen molar-refractivity contribution >= 4 is 5.97 Å². The molecule has 0 saturated carbocycles. The highest BCUT2D eigenvalue weighted by atomic mass is 16.6. The SMILES string of the molecule is COc1cc(C)ccc1OC(C)=O. The van der Waals surface area contributed by atoms with Crippen LogP contribution in [0.3, 0.4) is 0 Å². The van der Waals surface area contributed by atoms with Gasteiger partial charge in [-0.3, -0.25) is 4.79 Å². The summed E-state index contributed by atoms with van der Waals surface area (Å²) in [5, 5.41) is 0. The fraction of sp³-hybridized carbons (Fsp3) is 0.300. The highest BCUT2D eigenvalue weighted by molar-refractivity contribution is 5.70. The van der Waals surface area contributed by atoms with Crippen LogP contribution < -0.4 is 9.47 Å². The molecule has 0 saturated heterocycles. The average molecular weight is 180 g/mol. The second-order valence-electron chi connectivity index (χ2n) is 2.75. The molecule has 1 rings (SSSR count). The Balaban J connectivity index is 2.99. The van der Waals surface area contributed by atoms with Gasteiger partial charge in [0, 0.05) is 6.92 Å². The maximum absolute atomic E-state index is 10.7. The molecule has 0 amide bonds. The van der Waals surface area contributed by atoms with Gasteiger partial charge in [0.15, 0.2) is 11.5 Å². The van der Waals surface area contributed by atoms with Crippen LogP contribution in [-0.4, -0.2) is 13.1 Å². The number of rotatable bonds is 2. The van der Waals surface area contributed by atoms with E-state index in [1.807, 2.05) is 19.1 Å². The first-order valence-electron chi connectivity index (χ1n) is 3.96. The molecule has 0 fully saturated rings. The van der Waals surface area contributed by atoms with E-state index in [9.17, 15) is 4.79 Å². The standard InChI is InChI=1S/C10H12O3/c1-7-4-5-9(13-8(2)11)10(6-7)12-3/h4-6H,1-3H3. The molecule has 0 aliphatic carbocycles. The van der Waals surface area contributed by atoms with E-state index >= 15 is 0 Å². The Labute approximate surface area is 77.3 Å². The van der Waals surface area contributed by atoms with Crippen LogP contribution in [0.25, 0.3) is 0 Å². The molecule has 1 aromatic carbocycles. The fourth-order valence-electron chi connectivity index (χ4n) is 1.01. The third kappa shape index (κ3) is 2.47. The minimum Gasteiger partial charge on any atom is -0.493 e. The van der Waals surface area contributed by atoms with E-state index in [2.05, 4.69) is 0 Å². The molecule has 1 aromatic rings. The molecule has 3 nitrogen and oxygen atoms in total. The zero-order chi connectivity index (χ0) is 9.84. The Morgan fingerprint density at radius 1 is 1.31 bits per heavy atom. The van der Waals surface area contributed by atoms with Gasteiger partial charge in [-0.2, -0.15) is 0 Å². The van der Waals surface area contributed by atoms with Crippen molar-refractivity contribution in [2.45, 2.75) is 13.8 Å². The maximum Gasteiger partial charge on any atom is 0.308 e. The lowest BCUT2D eigenvalue weighted by Gasteiger charge is -2.07. The summed E-state index contributed by atoms with van der Waals surface area (Å²) in [5.41, 5.74) is 1.06. The first-order valence-corrected chi connectivity index (χ1v) is 3.96.